The fourth-order valence-electron chi connectivity index (χ4n) is 3.17. The van der Waals surface area contributed by atoms with E-state index in [9.17, 15) is 8.42 Å². The Bertz CT molecular complexity index is 969. The number of sulfonamides is 1. The highest BCUT2D eigenvalue weighted by Gasteiger charge is 2.21. The molecule has 0 saturated carbocycles. The molecule has 146 valence electrons. The molecular weight excluding hydrogens is 438 g/mol. The number of rotatable bonds is 8. The Morgan fingerprint density at radius 1 is 0.929 bits per heavy atom. The second-order valence-corrected chi connectivity index (χ2v) is 9.01. The van der Waals surface area contributed by atoms with Gasteiger partial charge in [0.25, 0.3) is 0 Å². The van der Waals surface area contributed by atoms with Gasteiger partial charge in [-0.1, -0.05) is 76.6 Å². The van der Waals surface area contributed by atoms with E-state index in [2.05, 4.69) is 44.9 Å². The Morgan fingerprint density at radius 2 is 1.50 bits per heavy atom. The van der Waals surface area contributed by atoms with Gasteiger partial charge in [0.05, 0.1) is 7.11 Å². The van der Waals surface area contributed by atoms with Crippen molar-refractivity contribution in [1.29, 1.82) is 0 Å². The van der Waals surface area contributed by atoms with Gasteiger partial charge in [-0.05, 0) is 35.7 Å². The molecule has 0 saturated heterocycles. The highest BCUT2D eigenvalue weighted by atomic mass is 79.9. The predicted octanol–water partition coefficient (Wildman–Crippen LogP) is 4.96. The first-order valence-electron chi connectivity index (χ1n) is 8.94. The molecule has 3 aromatic carbocycles. The van der Waals surface area contributed by atoms with Crippen molar-refractivity contribution in [3.63, 3.8) is 0 Å². The standard InChI is InChI=1S/C22H22BrNO3S/c1-27-21-13-12-19(23)16-22(21)28(25,26)24-15-14-20(17-8-4-2-5-9-17)18-10-6-3-7-11-18/h2-13,16,20,24H,14-15H2,1H3. The maximum absolute atomic E-state index is 12.8. The minimum Gasteiger partial charge on any atom is -0.495 e. The molecule has 0 aliphatic heterocycles. The van der Waals surface area contributed by atoms with E-state index in [4.69, 9.17) is 4.74 Å². The van der Waals surface area contributed by atoms with Crippen molar-refractivity contribution < 1.29 is 13.2 Å². The minimum atomic E-state index is -3.69. The van der Waals surface area contributed by atoms with Crippen LogP contribution in [0.1, 0.15) is 23.5 Å². The molecule has 0 aliphatic rings. The molecule has 3 rings (SSSR count). The Labute approximate surface area is 174 Å². The van der Waals surface area contributed by atoms with Crippen molar-refractivity contribution in [2.45, 2.75) is 17.2 Å². The van der Waals surface area contributed by atoms with Crippen molar-refractivity contribution >= 4 is 26.0 Å². The molecule has 0 fully saturated rings. The smallest absolute Gasteiger partial charge is 0.244 e. The van der Waals surface area contributed by atoms with Crippen LogP contribution in [0.15, 0.2) is 88.2 Å². The summed E-state index contributed by atoms with van der Waals surface area (Å²) < 4.78 is 34.2. The van der Waals surface area contributed by atoms with Crippen molar-refractivity contribution in [2.24, 2.45) is 0 Å². The maximum Gasteiger partial charge on any atom is 0.244 e. The summed E-state index contributed by atoms with van der Waals surface area (Å²) in [5, 5.41) is 0. The third-order valence-corrected chi connectivity index (χ3v) is 6.52. The second kappa shape index (κ2) is 9.37. The van der Waals surface area contributed by atoms with Gasteiger partial charge in [-0.25, -0.2) is 13.1 Å². The number of halogens is 1. The lowest BCUT2D eigenvalue weighted by Gasteiger charge is -2.19. The van der Waals surface area contributed by atoms with Gasteiger partial charge in [0.1, 0.15) is 10.6 Å². The lowest BCUT2D eigenvalue weighted by atomic mass is 9.89. The summed E-state index contributed by atoms with van der Waals surface area (Å²) in [4.78, 5) is 0.125. The van der Waals surface area contributed by atoms with Crippen LogP contribution in [-0.2, 0) is 10.0 Å². The molecule has 6 heteroatoms. The Balaban J connectivity index is 1.78. The van der Waals surface area contributed by atoms with Crippen molar-refractivity contribution in [2.75, 3.05) is 13.7 Å². The van der Waals surface area contributed by atoms with Crippen molar-refractivity contribution in [3.8, 4) is 5.75 Å². The molecule has 0 bridgehead atoms. The highest BCUT2D eigenvalue weighted by Crippen LogP contribution is 2.29. The Morgan fingerprint density at radius 3 is 2.04 bits per heavy atom. The van der Waals surface area contributed by atoms with E-state index >= 15 is 0 Å². The van der Waals surface area contributed by atoms with Gasteiger partial charge in [0.15, 0.2) is 0 Å². The van der Waals surface area contributed by atoms with Gasteiger partial charge in [-0.2, -0.15) is 0 Å². The predicted molar refractivity (Wildman–Crippen MR) is 115 cm³/mol. The lowest BCUT2D eigenvalue weighted by molar-refractivity contribution is 0.402. The molecule has 0 spiro atoms. The first-order chi connectivity index (χ1) is 13.5. The molecule has 0 radical (unpaired) electrons. The van der Waals surface area contributed by atoms with Crippen LogP contribution in [0.25, 0.3) is 0 Å². The number of methoxy groups -OCH3 is 1. The van der Waals surface area contributed by atoms with Crippen LogP contribution in [0.4, 0.5) is 0 Å². The maximum atomic E-state index is 12.8. The van der Waals surface area contributed by atoms with Crippen molar-refractivity contribution in [3.05, 3.63) is 94.5 Å². The minimum absolute atomic E-state index is 0.106. The monoisotopic (exact) mass is 459 g/mol. The fraction of sp³-hybridized carbons (Fsp3) is 0.182. The first-order valence-corrected chi connectivity index (χ1v) is 11.2. The van der Waals surface area contributed by atoms with Crippen LogP contribution in [-0.4, -0.2) is 22.1 Å². The molecular formula is C22H22BrNO3S. The zero-order valence-corrected chi connectivity index (χ0v) is 17.9. The van der Waals surface area contributed by atoms with E-state index in [-0.39, 0.29) is 10.8 Å². The summed E-state index contributed by atoms with van der Waals surface area (Å²) in [6, 6.07) is 25.2. The van der Waals surface area contributed by atoms with E-state index in [0.717, 1.165) is 11.1 Å². The van der Waals surface area contributed by atoms with Gasteiger partial charge in [0.2, 0.25) is 10.0 Å². The van der Waals surface area contributed by atoms with E-state index < -0.39 is 10.0 Å². The largest absolute Gasteiger partial charge is 0.495 e. The first kappa shape index (κ1) is 20.6. The number of hydrogen-bond donors (Lipinski definition) is 1. The van der Waals surface area contributed by atoms with Gasteiger partial charge in [-0.3, -0.25) is 0 Å². The number of benzene rings is 3. The van der Waals surface area contributed by atoms with E-state index in [1.807, 2.05) is 36.4 Å². The number of nitrogens with one attached hydrogen (secondary N) is 1. The highest BCUT2D eigenvalue weighted by molar-refractivity contribution is 9.10. The molecule has 28 heavy (non-hydrogen) atoms. The average Bonchev–Trinajstić information content (AvgIpc) is 2.72. The van der Waals surface area contributed by atoms with E-state index in [1.54, 1.807) is 18.2 Å². The van der Waals surface area contributed by atoms with Gasteiger partial charge in [-0.15, -0.1) is 0 Å². The molecule has 0 heterocycles. The summed E-state index contributed by atoms with van der Waals surface area (Å²) in [6.45, 7) is 0.312. The van der Waals surface area contributed by atoms with Gasteiger partial charge >= 0.3 is 0 Å². The normalized spacial score (nSPS) is 11.5. The van der Waals surface area contributed by atoms with Crippen LogP contribution >= 0.6 is 15.9 Å². The molecule has 0 amide bonds. The molecule has 3 aromatic rings. The number of hydrogen-bond acceptors (Lipinski definition) is 3. The van der Waals surface area contributed by atoms with E-state index in [1.165, 1.54) is 7.11 Å². The molecule has 0 atom stereocenters. The second-order valence-electron chi connectivity index (χ2n) is 6.36. The molecule has 4 nitrogen and oxygen atoms in total. The summed E-state index contributed by atoms with van der Waals surface area (Å²) in [5.41, 5.74) is 2.32. The SMILES string of the molecule is COc1ccc(Br)cc1S(=O)(=O)NCCC(c1ccccc1)c1ccccc1. The Kier molecular flexibility index (Phi) is 6.88. The summed E-state index contributed by atoms with van der Waals surface area (Å²) in [7, 11) is -2.23. The third kappa shape index (κ3) is 5.01. The van der Waals surface area contributed by atoms with Gasteiger partial charge in [0, 0.05) is 16.9 Å². The summed E-state index contributed by atoms with van der Waals surface area (Å²) in [6.07, 6.45) is 0.642. The zero-order valence-electron chi connectivity index (χ0n) is 15.5. The Hall–Kier alpha value is -2.15. The van der Waals surface area contributed by atoms with Crippen molar-refractivity contribution in [1.82, 2.24) is 4.72 Å². The van der Waals surface area contributed by atoms with Crippen LogP contribution in [0.3, 0.4) is 0 Å². The zero-order chi connectivity index (χ0) is 20.0. The van der Waals surface area contributed by atoms with Crippen LogP contribution in [0, 0.1) is 0 Å². The fourth-order valence-corrected chi connectivity index (χ4v) is 4.93. The molecule has 0 unspecified atom stereocenters. The lowest BCUT2D eigenvalue weighted by Crippen LogP contribution is -2.26. The van der Waals surface area contributed by atoms with E-state index in [0.29, 0.717) is 23.2 Å². The molecule has 0 aliphatic carbocycles. The quantitative estimate of drug-likeness (QED) is 0.517. The summed E-state index contributed by atoms with van der Waals surface area (Å²) in [5.74, 6) is 0.424. The van der Waals surface area contributed by atoms with Crippen LogP contribution in [0.2, 0.25) is 0 Å². The molecule has 0 aromatic heterocycles. The number of ether oxygens (including phenoxy) is 1. The third-order valence-electron chi connectivity index (χ3n) is 4.54. The van der Waals surface area contributed by atoms with Crippen LogP contribution < -0.4 is 9.46 Å². The summed E-state index contributed by atoms with van der Waals surface area (Å²) >= 11 is 3.32. The van der Waals surface area contributed by atoms with Gasteiger partial charge < -0.3 is 4.74 Å². The van der Waals surface area contributed by atoms with Crippen LogP contribution in [0.5, 0.6) is 5.75 Å². The average molecular weight is 460 g/mol. The molecule has 1 N–H and O–H groups in total. The topological polar surface area (TPSA) is 55.4 Å².